The molecule has 0 aliphatic carbocycles. The van der Waals surface area contributed by atoms with Crippen LogP contribution in [0.2, 0.25) is 10.0 Å². The molecular formula is C30H34Cl2N6O2S. The van der Waals surface area contributed by atoms with Gasteiger partial charge in [0.2, 0.25) is 11.8 Å². The molecule has 0 radical (unpaired) electrons. The Balaban J connectivity index is 1.04. The molecule has 2 saturated heterocycles. The molecule has 0 spiro atoms. The average Bonchev–Trinajstić information content (AvgIpc) is 3.58. The summed E-state index contributed by atoms with van der Waals surface area (Å²) in [6, 6.07) is 11.5. The van der Waals surface area contributed by atoms with Crippen molar-refractivity contribution in [1.29, 1.82) is 0 Å². The molecule has 41 heavy (non-hydrogen) atoms. The molecule has 4 aromatic rings. The summed E-state index contributed by atoms with van der Waals surface area (Å²) < 4.78 is 2.13. The molecule has 0 atom stereocenters. The maximum absolute atomic E-state index is 13.7. The number of pyridine rings is 1. The summed E-state index contributed by atoms with van der Waals surface area (Å²) in [4.78, 5) is 41.0. The second-order valence-corrected chi connectivity index (χ2v) is 13.1. The molecular weight excluding hydrogens is 579 g/mol. The van der Waals surface area contributed by atoms with Gasteiger partial charge in [0, 0.05) is 43.4 Å². The summed E-state index contributed by atoms with van der Waals surface area (Å²) in [6.07, 6.45) is 6.37. The Kier molecular flexibility index (Phi) is 8.58. The van der Waals surface area contributed by atoms with Gasteiger partial charge in [0.05, 0.1) is 21.8 Å². The predicted molar refractivity (Wildman–Crippen MR) is 165 cm³/mol. The van der Waals surface area contributed by atoms with E-state index in [1.54, 1.807) is 19.1 Å². The summed E-state index contributed by atoms with van der Waals surface area (Å²) in [5.74, 6) is 0.0726. The summed E-state index contributed by atoms with van der Waals surface area (Å²) in [7, 11) is 0. The molecule has 2 amide bonds. The van der Waals surface area contributed by atoms with Gasteiger partial charge in [-0.05, 0) is 82.1 Å². The molecule has 2 fully saturated rings. The third-order valence-corrected chi connectivity index (χ3v) is 10.5. The minimum absolute atomic E-state index is 0.0693. The lowest BCUT2D eigenvalue weighted by molar-refractivity contribution is -0.133. The largest absolute Gasteiger partial charge is 0.343 e. The number of benzene rings is 1. The lowest BCUT2D eigenvalue weighted by Crippen LogP contribution is -2.45. The molecule has 1 aromatic carbocycles. The zero-order chi connectivity index (χ0) is 28.5. The van der Waals surface area contributed by atoms with Crippen molar-refractivity contribution in [2.45, 2.75) is 49.3 Å². The van der Waals surface area contributed by atoms with E-state index in [1.165, 1.54) is 0 Å². The quantitative estimate of drug-likeness (QED) is 0.248. The highest BCUT2D eigenvalue weighted by molar-refractivity contribution is 8.00. The highest BCUT2D eigenvalue weighted by atomic mass is 35.5. The standard InChI is InChI=1S/C30H34Cl2N6O2S/c1-20(39)36-16-8-21(9-17-36)30(40)37(22-6-7-24(31)25(32)18-22)13-3-12-35-14-10-23(11-15-35)41-29-26-19-33-27-4-2-5-28(34-29)38(26)27/h2,4-7,18-19,21,23H,3,8-17H2,1H3. The number of thioether (sulfide) groups is 1. The van der Waals surface area contributed by atoms with Crippen LogP contribution in [0.25, 0.3) is 16.8 Å². The van der Waals surface area contributed by atoms with Crippen LogP contribution < -0.4 is 4.90 Å². The number of amides is 2. The van der Waals surface area contributed by atoms with E-state index < -0.39 is 0 Å². The molecule has 0 N–H and O–H groups in total. The number of imidazole rings is 2. The zero-order valence-electron chi connectivity index (χ0n) is 23.1. The van der Waals surface area contributed by atoms with Crippen LogP contribution in [0.4, 0.5) is 5.69 Å². The first-order valence-corrected chi connectivity index (χ1v) is 16.0. The first-order valence-electron chi connectivity index (χ1n) is 14.3. The fraction of sp³-hybridized carbons (Fsp3) is 0.467. The number of likely N-dealkylation sites (tertiary alicyclic amines) is 2. The predicted octanol–water partition coefficient (Wildman–Crippen LogP) is 5.87. The second-order valence-electron chi connectivity index (χ2n) is 11.0. The number of piperidine rings is 2. The van der Waals surface area contributed by atoms with E-state index in [-0.39, 0.29) is 17.7 Å². The molecule has 216 valence electrons. The molecule has 2 aliphatic rings. The van der Waals surface area contributed by atoms with Crippen molar-refractivity contribution in [1.82, 2.24) is 24.2 Å². The Morgan fingerprint density at radius 2 is 1.76 bits per heavy atom. The lowest BCUT2D eigenvalue weighted by atomic mass is 9.94. The van der Waals surface area contributed by atoms with Gasteiger partial charge in [-0.15, -0.1) is 11.8 Å². The van der Waals surface area contributed by atoms with E-state index in [0.717, 1.165) is 66.4 Å². The van der Waals surface area contributed by atoms with Crippen LogP contribution in [0, 0.1) is 5.92 Å². The number of hydrogen-bond donors (Lipinski definition) is 0. The topological polar surface area (TPSA) is 74.1 Å². The Bertz CT molecular complexity index is 1530. The molecule has 0 unspecified atom stereocenters. The average molecular weight is 614 g/mol. The summed E-state index contributed by atoms with van der Waals surface area (Å²) in [5, 5.41) is 2.52. The van der Waals surface area contributed by atoms with Crippen LogP contribution in [-0.2, 0) is 9.59 Å². The summed E-state index contributed by atoms with van der Waals surface area (Å²) in [6.45, 7) is 6.45. The van der Waals surface area contributed by atoms with E-state index >= 15 is 0 Å². The smallest absolute Gasteiger partial charge is 0.230 e. The number of carbonyl (C=O) groups excluding carboxylic acids is 2. The highest BCUT2D eigenvalue weighted by Gasteiger charge is 2.30. The van der Waals surface area contributed by atoms with Crippen molar-refractivity contribution in [2.24, 2.45) is 5.92 Å². The fourth-order valence-electron chi connectivity index (χ4n) is 6.05. The fourth-order valence-corrected chi connectivity index (χ4v) is 7.51. The minimum atomic E-state index is -0.102. The van der Waals surface area contributed by atoms with Crippen LogP contribution in [0.1, 0.15) is 39.0 Å². The number of hydrogen-bond acceptors (Lipinski definition) is 6. The lowest BCUT2D eigenvalue weighted by Gasteiger charge is -2.35. The number of rotatable bonds is 8. The van der Waals surface area contributed by atoms with Crippen molar-refractivity contribution >= 4 is 69.3 Å². The Morgan fingerprint density at radius 3 is 2.49 bits per heavy atom. The first-order chi connectivity index (χ1) is 19.9. The van der Waals surface area contributed by atoms with Gasteiger partial charge in [-0.1, -0.05) is 29.3 Å². The van der Waals surface area contributed by atoms with Crippen molar-refractivity contribution in [2.75, 3.05) is 44.2 Å². The van der Waals surface area contributed by atoms with Gasteiger partial charge in [0.25, 0.3) is 0 Å². The van der Waals surface area contributed by atoms with Crippen molar-refractivity contribution < 1.29 is 9.59 Å². The van der Waals surface area contributed by atoms with Gasteiger partial charge in [0.1, 0.15) is 16.3 Å². The van der Waals surface area contributed by atoms with Gasteiger partial charge in [-0.2, -0.15) is 0 Å². The molecule has 2 aliphatic heterocycles. The molecule has 8 nitrogen and oxygen atoms in total. The maximum Gasteiger partial charge on any atom is 0.230 e. The first kappa shape index (κ1) is 28.5. The maximum atomic E-state index is 13.7. The zero-order valence-corrected chi connectivity index (χ0v) is 25.5. The Hall–Kier alpha value is -2.59. The Morgan fingerprint density at radius 1 is 1.00 bits per heavy atom. The van der Waals surface area contributed by atoms with E-state index in [9.17, 15) is 9.59 Å². The minimum Gasteiger partial charge on any atom is -0.343 e. The molecule has 11 heteroatoms. The van der Waals surface area contributed by atoms with Gasteiger partial charge in [-0.25, -0.2) is 9.97 Å². The normalized spacial score (nSPS) is 17.6. The third kappa shape index (κ3) is 6.14. The number of nitrogens with zero attached hydrogens (tertiary/aromatic N) is 6. The summed E-state index contributed by atoms with van der Waals surface area (Å²) >= 11 is 14.4. The molecule has 3 aromatic heterocycles. The molecule has 0 bridgehead atoms. The van der Waals surface area contributed by atoms with Gasteiger partial charge < -0.3 is 14.7 Å². The van der Waals surface area contributed by atoms with Gasteiger partial charge in [0.15, 0.2) is 0 Å². The van der Waals surface area contributed by atoms with E-state index in [1.807, 2.05) is 52.0 Å². The number of anilines is 1. The third-order valence-electron chi connectivity index (χ3n) is 8.38. The second kappa shape index (κ2) is 12.3. The van der Waals surface area contributed by atoms with E-state index in [4.69, 9.17) is 28.2 Å². The van der Waals surface area contributed by atoms with Crippen LogP contribution in [0.15, 0.2) is 47.6 Å². The van der Waals surface area contributed by atoms with Crippen LogP contribution in [0.5, 0.6) is 0 Å². The highest BCUT2D eigenvalue weighted by Crippen LogP contribution is 2.34. The van der Waals surface area contributed by atoms with Crippen LogP contribution in [-0.4, -0.2) is 80.5 Å². The van der Waals surface area contributed by atoms with Crippen molar-refractivity contribution in [3.8, 4) is 0 Å². The molecule has 5 heterocycles. The van der Waals surface area contributed by atoms with Crippen LogP contribution >= 0.6 is 35.0 Å². The summed E-state index contributed by atoms with van der Waals surface area (Å²) in [5.41, 5.74) is 3.78. The van der Waals surface area contributed by atoms with Crippen molar-refractivity contribution in [3.05, 3.63) is 52.6 Å². The van der Waals surface area contributed by atoms with Gasteiger partial charge in [-0.3, -0.25) is 14.0 Å². The van der Waals surface area contributed by atoms with Gasteiger partial charge >= 0.3 is 0 Å². The molecule has 0 saturated carbocycles. The molecule has 6 rings (SSSR count). The van der Waals surface area contributed by atoms with E-state index in [2.05, 4.69) is 14.3 Å². The SMILES string of the molecule is CC(=O)N1CCC(C(=O)N(CCCN2CCC(Sc3nc4cccc5ncc3n54)CC2)c2ccc(Cl)c(Cl)c2)CC1. The number of carbonyl (C=O) groups is 2. The van der Waals surface area contributed by atoms with E-state index in [0.29, 0.717) is 47.8 Å². The number of aromatic nitrogens is 3. The number of halogens is 2. The Labute approximate surface area is 254 Å². The monoisotopic (exact) mass is 612 g/mol. The van der Waals surface area contributed by atoms with Crippen LogP contribution in [0.3, 0.4) is 0 Å². The van der Waals surface area contributed by atoms with Crippen molar-refractivity contribution in [3.63, 3.8) is 0 Å².